The second kappa shape index (κ2) is 9.22. The van der Waals surface area contributed by atoms with Gasteiger partial charge in [-0.15, -0.1) is 0 Å². The Balaban J connectivity index is 2.20. The van der Waals surface area contributed by atoms with Crippen molar-refractivity contribution in [1.29, 1.82) is 0 Å². The van der Waals surface area contributed by atoms with E-state index in [1.54, 1.807) is 0 Å². The predicted molar refractivity (Wildman–Crippen MR) is 103 cm³/mol. The van der Waals surface area contributed by atoms with Crippen LogP contribution in [0.5, 0.6) is 0 Å². The van der Waals surface area contributed by atoms with Gasteiger partial charge in [0.25, 0.3) is 0 Å². The monoisotopic (exact) mass is 370 g/mol. The van der Waals surface area contributed by atoms with E-state index in [0.29, 0.717) is 12.8 Å². The molecule has 4 nitrogen and oxygen atoms in total. The van der Waals surface area contributed by atoms with Crippen molar-refractivity contribution < 1.29 is 18.4 Å². The molecule has 0 aromatic rings. The summed E-state index contributed by atoms with van der Waals surface area (Å²) in [5, 5.41) is 0. The molecule has 24 heavy (non-hydrogen) atoms. The summed E-state index contributed by atoms with van der Waals surface area (Å²) < 4.78 is 11.6. The van der Waals surface area contributed by atoms with Crippen LogP contribution in [0, 0.1) is 0 Å². The maximum Gasteiger partial charge on any atom is 0.184 e. The largest absolute Gasteiger partial charge is 0.411 e. The fourth-order valence-electron chi connectivity index (χ4n) is 2.63. The lowest BCUT2D eigenvalue weighted by atomic mass is 10.0. The van der Waals surface area contributed by atoms with Crippen molar-refractivity contribution in [3.63, 3.8) is 0 Å². The number of hydrogen-bond acceptors (Lipinski definition) is 4. The lowest BCUT2D eigenvalue weighted by molar-refractivity contribution is -0.121. The van der Waals surface area contributed by atoms with Gasteiger partial charge in [0.2, 0.25) is 0 Å². The molecule has 0 bridgehead atoms. The van der Waals surface area contributed by atoms with Crippen LogP contribution in [-0.4, -0.2) is 40.9 Å². The molecule has 1 unspecified atom stereocenters. The Labute approximate surface area is 149 Å². The fourth-order valence-corrected chi connectivity index (χ4v) is 4.28. The molecule has 138 valence electrons. The van der Waals surface area contributed by atoms with Crippen molar-refractivity contribution in [2.75, 3.05) is 6.61 Å². The van der Waals surface area contributed by atoms with Crippen LogP contribution in [0.3, 0.4) is 0 Å². The minimum atomic E-state index is -1.60. The van der Waals surface area contributed by atoms with Crippen LogP contribution in [0.1, 0.15) is 38.5 Å². The van der Waals surface area contributed by atoms with Gasteiger partial charge >= 0.3 is 0 Å². The van der Waals surface area contributed by atoms with Crippen LogP contribution < -0.4 is 0 Å². The summed E-state index contributed by atoms with van der Waals surface area (Å²) in [4.78, 5) is 23.8. The van der Waals surface area contributed by atoms with Gasteiger partial charge in [0, 0.05) is 12.8 Å². The third-order valence-electron chi connectivity index (χ3n) is 3.70. The van der Waals surface area contributed by atoms with Crippen LogP contribution in [0.4, 0.5) is 0 Å². The van der Waals surface area contributed by atoms with Crippen LogP contribution in [0.15, 0.2) is 11.6 Å². The average molecular weight is 371 g/mol. The summed E-state index contributed by atoms with van der Waals surface area (Å²) in [7, 11) is -3.20. The predicted octanol–water partition coefficient (Wildman–Crippen LogP) is 4.48. The lowest BCUT2D eigenvalue weighted by Gasteiger charge is -2.21. The van der Waals surface area contributed by atoms with Crippen molar-refractivity contribution in [1.82, 2.24) is 0 Å². The minimum Gasteiger partial charge on any atom is -0.411 e. The Kier molecular flexibility index (Phi) is 8.25. The molecule has 0 radical (unpaired) electrons. The number of carbonyl (C=O) groups is 2. The topological polar surface area (TPSA) is 52.6 Å². The van der Waals surface area contributed by atoms with Crippen LogP contribution in [0.2, 0.25) is 39.3 Å². The molecule has 0 saturated heterocycles. The van der Waals surface area contributed by atoms with Crippen molar-refractivity contribution >= 4 is 28.2 Å². The standard InChI is InChI=1S/C18H34O4Si2/c1-23(2,3)21-14-16(19)11-9-7-8-10-15-12-17(13-18(15)20)22-24(4,5)6/h12,17H,7-11,13-14H2,1-6H3. The molecule has 1 aliphatic carbocycles. The summed E-state index contributed by atoms with van der Waals surface area (Å²) in [6.07, 6.45) is 6.72. The van der Waals surface area contributed by atoms with Gasteiger partial charge in [0.05, 0.1) is 12.7 Å². The molecule has 1 rings (SSSR count). The number of allylic oxidation sites excluding steroid dienone is 1. The van der Waals surface area contributed by atoms with E-state index in [4.69, 9.17) is 8.85 Å². The minimum absolute atomic E-state index is 0.0144. The Morgan fingerprint density at radius 3 is 2.33 bits per heavy atom. The first-order valence-electron chi connectivity index (χ1n) is 9.04. The Hall–Kier alpha value is -0.566. The van der Waals surface area contributed by atoms with Crippen molar-refractivity contribution in [2.45, 2.75) is 83.9 Å². The molecule has 0 amide bonds. The SMILES string of the molecule is C[Si](C)(C)OCC(=O)CCCCCC1=CC(O[Si](C)(C)C)CC1=O. The maximum atomic E-state index is 12.0. The molecule has 0 heterocycles. The summed E-state index contributed by atoms with van der Waals surface area (Å²) in [5.41, 5.74) is 0.923. The van der Waals surface area contributed by atoms with E-state index in [0.717, 1.165) is 31.3 Å². The first-order valence-corrected chi connectivity index (χ1v) is 15.9. The highest BCUT2D eigenvalue weighted by molar-refractivity contribution is 6.70. The van der Waals surface area contributed by atoms with Crippen molar-refractivity contribution in [2.24, 2.45) is 0 Å². The number of hydrogen-bond donors (Lipinski definition) is 0. The highest BCUT2D eigenvalue weighted by atomic mass is 28.4. The summed E-state index contributed by atoms with van der Waals surface area (Å²) in [5.74, 6) is 0.426. The molecular weight excluding hydrogens is 336 g/mol. The Morgan fingerprint density at radius 1 is 1.08 bits per heavy atom. The van der Waals surface area contributed by atoms with E-state index in [-0.39, 0.29) is 24.3 Å². The van der Waals surface area contributed by atoms with E-state index in [1.807, 2.05) is 6.08 Å². The summed E-state index contributed by atoms with van der Waals surface area (Å²) >= 11 is 0. The zero-order valence-electron chi connectivity index (χ0n) is 16.2. The Morgan fingerprint density at radius 2 is 1.75 bits per heavy atom. The van der Waals surface area contributed by atoms with E-state index in [1.165, 1.54) is 0 Å². The van der Waals surface area contributed by atoms with Gasteiger partial charge < -0.3 is 8.85 Å². The quantitative estimate of drug-likeness (QED) is 0.397. The molecule has 6 heteroatoms. The first kappa shape index (κ1) is 21.5. The number of unbranched alkanes of at least 4 members (excludes halogenated alkanes) is 2. The smallest absolute Gasteiger partial charge is 0.184 e. The van der Waals surface area contributed by atoms with Crippen LogP contribution in [0.25, 0.3) is 0 Å². The van der Waals surface area contributed by atoms with Gasteiger partial charge in [-0.05, 0) is 70.2 Å². The average Bonchev–Trinajstić information content (AvgIpc) is 2.73. The molecule has 1 atom stereocenters. The normalized spacial score (nSPS) is 18.8. The third-order valence-corrected chi connectivity index (χ3v) is 5.72. The second-order valence-electron chi connectivity index (χ2n) is 8.59. The van der Waals surface area contributed by atoms with Gasteiger partial charge in [-0.25, -0.2) is 0 Å². The zero-order valence-corrected chi connectivity index (χ0v) is 18.2. The molecule has 0 fully saturated rings. The van der Waals surface area contributed by atoms with E-state index < -0.39 is 16.6 Å². The highest BCUT2D eigenvalue weighted by Gasteiger charge is 2.28. The van der Waals surface area contributed by atoms with Crippen molar-refractivity contribution in [3.05, 3.63) is 11.6 Å². The third kappa shape index (κ3) is 9.66. The summed E-state index contributed by atoms with van der Waals surface area (Å²) in [6, 6.07) is 0. The highest BCUT2D eigenvalue weighted by Crippen LogP contribution is 2.25. The second-order valence-corrected chi connectivity index (χ2v) is 17.6. The molecule has 0 aromatic heterocycles. The molecule has 0 saturated carbocycles. The van der Waals surface area contributed by atoms with Crippen LogP contribution >= 0.6 is 0 Å². The van der Waals surface area contributed by atoms with Gasteiger partial charge in [-0.1, -0.05) is 6.42 Å². The van der Waals surface area contributed by atoms with E-state index in [9.17, 15) is 9.59 Å². The number of Topliss-reactive ketones (excluding diaryl/α,β-unsaturated/α-hetero) is 2. The first-order chi connectivity index (χ1) is 11.0. The lowest BCUT2D eigenvalue weighted by Crippen LogP contribution is -2.30. The van der Waals surface area contributed by atoms with Crippen LogP contribution in [-0.2, 0) is 18.4 Å². The summed E-state index contributed by atoms with van der Waals surface area (Å²) in [6.45, 7) is 13.0. The molecule has 0 aromatic carbocycles. The number of rotatable bonds is 11. The molecule has 0 aliphatic heterocycles. The molecule has 1 aliphatic rings. The fraction of sp³-hybridized carbons (Fsp3) is 0.778. The van der Waals surface area contributed by atoms with Crippen molar-refractivity contribution in [3.8, 4) is 0 Å². The van der Waals surface area contributed by atoms with Gasteiger partial charge in [0.15, 0.2) is 28.2 Å². The number of ketones is 2. The maximum absolute atomic E-state index is 12.0. The van der Waals surface area contributed by atoms with E-state index in [2.05, 4.69) is 39.3 Å². The van der Waals surface area contributed by atoms with E-state index >= 15 is 0 Å². The molecule has 0 N–H and O–H groups in total. The van der Waals surface area contributed by atoms with Gasteiger partial charge in [-0.2, -0.15) is 0 Å². The van der Waals surface area contributed by atoms with Gasteiger partial charge in [0.1, 0.15) is 0 Å². The molecular formula is C18H34O4Si2. The zero-order chi connectivity index (χ0) is 18.4. The Bertz CT molecular complexity index is 472. The van der Waals surface area contributed by atoms with Gasteiger partial charge in [-0.3, -0.25) is 9.59 Å². The molecule has 0 spiro atoms. The number of carbonyl (C=O) groups excluding carboxylic acids is 2.